The van der Waals surface area contributed by atoms with Gasteiger partial charge in [0.05, 0.1) is 34.7 Å². The first-order chi connectivity index (χ1) is 20.0. The summed E-state index contributed by atoms with van der Waals surface area (Å²) in [7, 11) is 1.41. The average Bonchev–Trinajstić information content (AvgIpc) is 3.57. The quantitative estimate of drug-likeness (QED) is 0.185. The van der Waals surface area contributed by atoms with E-state index in [0.29, 0.717) is 13.8 Å². The summed E-state index contributed by atoms with van der Waals surface area (Å²) in [6, 6.07) is 7.34. The summed E-state index contributed by atoms with van der Waals surface area (Å²) in [6.45, 7) is 1.06. The maximum Gasteiger partial charge on any atom is 0.460 e. The number of rotatable bonds is 8. The van der Waals surface area contributed by atoms with Gasteiger partial charge in [-0.3, -0.25) is 9.59 Å². The smallest absolute Gasteiger partial charge is 0.355 e. The topological polar surface area (TPSA) is 120 Å². The zero-order valence-corrected chi connectivity index (χ0v) is 24.6. The van der Waals surface area contributed by atoms with Crippen LogP contribution in [0.25, 0.3) is 5.82 Å². The number of nitrogens with zero attached hydrogens (tertiary/aromatic N) is 6. The Balaban J connectivity index is 1.73. The Labute approximate surface area is 255 Å². The molecule has 3 aromatic heterocycles. The van der Waals surface area contributed by atoms with Crippen LogP contribution in [0.2, 0.25) is 5.02 Å². The van der Waals surface area contributed by atoms with Gasteiger partial charge in [-0.1, -0.05) is 16.8 Å². The van der Waals surface area contributed by atoms with E-state index in [1.54, 1.807) is 19.1 Å². The van der Waals surface area contributed by atoms with Gasteiger partial charge in [0.1, 0.15) is 5.69 Å². The SMILES string of the molecule is CNC(=O)c1cc(I)cc(C)c1NC(=O)c1cc(Cn2cc(C(F)(F)C(F)(F)C(F)(F)F)nn2)nn1-c1ncccc1Cl. The number of carbonyl (C=O) groups is 2. The minimum absolute atomic E-state index is 0.0398. The molecule has 4 aromatic rings. The van der Waals surface area contributed by atoms with E-state index in [4.69, 9.17) is 11.6 Å². The second-order valence-electron chi connectivity index (χ2n) is 8.87. The van der Waals surface area contributed by atoms with Crippen molar-refractivity contribution in [2.75, 3.05) is 12.4 Å². The molecule has 10 nitrogen and oxygen atoms in total. The molecule has 0 aliphatic carbocycles. The molecule has 0 saturated heterocycles. The summed E-state index contributed by atoms with van der Waals surface area (Å²) in [6.07, 6.45) is -5.02. The largest absolute Gasteiger partial charge is 0.460 e. The normalized spacial score (nSPS) is 12.3. The molecule has 0 saturated carbocycles. The third-order valence-electron chi connectivity index (χ3n) is 5.88. The number of aryl methyl sites for hydroxylation is 1. The van der Waals surface area contributed by atoms with Crippen LogP contribution in [0.15, 0.2) is 42.7 Å². The first kappa shape index (κ1) is 32.1. The molecule has 3 heterocycles. The Morgan fingerprint density at radius 1 is 1.07 bits per heavy atom. The summed E-state index contributed by atoms with van der Waals surface area (Å²) in [5.74, 6) is -13.5. The fraction of sp³-hybridized carbons (Fsp3) is 0.250. The van der Waals surface area contributed by atoms with Gasteiger partial charge in [-0.2, -0.15) is 35.8 Å². The lowest BCUT2D eigenvalue weighted by atomic mass is 10.1. The van der Waals surface area contributed by atoms with Crippen molar-refractivity contribution in [3.8, 4) is 5.82 Å². The third-order valence-corrected chi connectivity index (χ3v) is 6.80. The Bertz CT molecular complexity index is 1710. The van der Waals surface area contributed by atoms with Crippen LogP contribution in [-0.4, -0.2) is 60.7 Å². The van der Waals surface area contributed by atoms with Crippen LogP contribution < -0.4 is 10.6 Å². The van der Waals surface area contributed by atoms with Crippen molar-refractivity contribution in [2.45, 2.75) is 31.5 Å². The van der Waals surface area contributed by atoms with E-state index in [2.05, 4.69) is 31.0 Å². The Hall–Kier alpha value is -3.81. The lowest BCUT2D eigenvalue weighted by molar-refractivity contribution is -0.360. The fourth-order valence-electron chi connectivity index (χ4n) is 3.79. The van der Waals surface area contributed by atoms with Crippen molar-refractivity contribution in [2.24, 2.45) is 0 Å². The number of anilines is 1. The highest BCUT2D eigenvalue weighted by molar-refractivity contribution is 14.1. The molecule has 43 heavy (non-hydrogen) atoms. The predicted molar refractivity (Wildman–Crippen MR) is 146 cm³/mol. The van der Waals surface area contributed by atoms with Crippen molar-refractivity contribution in [3.63, 3.8) is 0 Å². The monoisotopic (exact) mass is 744 g/mol. The molecule has 0 atom stereocenters. The van der Waals surface area contributed by atoms with Gasteiger partial charge in [-0.25, -0.2) is 14.3 Å². The van der Waals surface area contributed by atoms with Crippen molar-refractivity contribution < 1.29 is 40.3 Å². The number of nitrogens with one attached hydrogen (secondary N) is 2. The van der Waals surface area contributed by atoms with E-state index in [1.807, 2.05) is 22.6 Å². The number of carbonyl (C=O) groups excluding carboxylic acids is 2. The van der Waals surface area contributed by atoms with Gasteiger partial charge in [0.2, 0.25) is 0 Å². The fourth-order valence-corrected chi connectivity index (χ4v) is 4.77. The van der Waals surface area contributed by atoms with Gasteiger partial charge < -0.3 is 10.6 Å². The summed E-state index contributed by atoms with van der Waals surface area (Å²) >= 11 is 8.24. The molecular formula is C24H17ClF7IN8O2. The highest BCUT2D eigenvalue weighted by Gasteiger charge is 2.74. The molecule has 0 aliphatic rings. The minimum atomic E-state index is -6.56. The molecule has 0 fully saturated rings. The number of hydrogen-bond donors (Lipinski definition) is 2. The van der Waals surface area contributed by atoms with E-state index in [0.717, 1.165) is 10.7 Å². The molecule has 0 unspecified atom stereocenters. The van der Waals surface area contributed by atoms with Crippen LogP contribution in [0.4, 0.5) is 36.4 Å². The van der Waals surface area contributed by atoms with Gasteiger partial charge in [-0.15, -0.1) is 5.10 Å². The van der Waals surface area contributed by atoms with E-state index in [1.165, 1.54) is 25.4 Å². The van der Waals surface area contributed by atoms with Gasteiger partial charge in [-0.05, 0) is 65.4 Å². The molecule has 2 amide bonds. The number of amides is 2. The van der Waals surface area contributed by atoms with Gasteiger partial charge in [0.15, 0.2) is 11.5 Å². The molecule has 4 rings (SSSR count). The zero-order chi connectivity index (χ0) is 31.9. The molecule has 0 radical (unpaired) electrons. The van der Waals surface area contributed by atoms with Crippen LogP contribution in [0, 0.1) is 10.5 Å². The lowest BCUT2D eigenvalue weighted by Crippen LogP contribution is -2.50. The summed E-state index contributed by atoms with van der Waals surface area (Å²) in [5.41, 5.74) is -1.40. The number of pyridine rings is 1. The molecule has 0 bridgehead atoms. The molecule has 0 aliphatic heterocycles. The number of halogens is 9. The lowest BCUT2D eigenvalue weighted by Gasteiger charge is -2.26. The highest BCUT2D eigenvalue weighted by atomic mass is 127. The average molecular weight is 745 g/mol. The first-order valence-electron chi connectivity index (χ1n) is 11.7. The second-order valence-corrected chi connectivity index (χ2v) is 10.5. The number of aromatic nitrogens is 6. The minimum Gasteiger partial charge on any atom is -0.355 e. The predicted octanol–water partition coefficient (Wildman–Crippen LogP) is 5.37. The van der Waals surface area contributed by atoms with Crippen molar-refractivity contribution in [3.05, 3.63) is 79.5 Å². The summed E-state index contributed by atoms with van der Waals surface area (Å²) in [4.78, 5) is 30.1. The Morgan fingerprint density at radius 3 is 2.40 bits per heavy atom. The van der Waals surface area contributed by atoms with E-state index < -0.39 is 42.1 Å². The molecule has 19 heteroatoms. The molecule has 228 valence electrons. The Kier molecular flexibility index (Phi) is 8.74. The first-order valence-corrected chi connectivity index (χ1v) is 13.2. The number of benzene rings is 1. The summed E-state index contributed by atoms with van der Waals surface area (Å²) < 4.78 is 95.2. The molecular weight excluding hydrogens is 728 g/mol. The molecule has 1 aromatic carbocycles. The zero-order valence-electron chi connectivity index (χ0n) is 21.7. The second kappa shape index (κ2) is 11.7. The van der Waals surface area contributed by atoms with Crippen molar-refractivity contribution >= 4 is 51.7 Å². The van der Waals surface area contributed by atoms with Gasteiger partial charge in [0.25, 0.3) is 11.8 Å². The van der Waals surface area contributed by atoms with E-state index in [9.17, 15) is 40.3 Å². The van der Waals surface area contributed by atoms with E-state index in [-0.39, 0.29) is 39.7 Å². The van der Waals surface area contributed by atoms with Crippen LogP contribution in [0.5, 0.6) is 0 Å². The highest BCUT2D eigenvalue weighted by Crippen LogP contribution is 2.51. The van der Waals surface area contributed by atoms with Crippen LogP contribution in [-0.2, 0) is 12.5 Å². The van der Waals surface area contributed by atoms with Crippen molar-refractivity contribution in [1.29, 1.82) is 0 Å². The van der Waals surface area contributed by atoms with Gasteiger partial charge in [0, 0.05) is 16.8 Å². The maximum atomic E-state index is 14.1. The summed E-state index contributed by atoms with van der Waals surface area (Å²) in [5, 5.41) is 15.4. The van der Waals surface area contributed by atoms with Crippen LogP contribution >= 0.6 is 34.2 Å². The van der Waals surface area contributed by atoms with Crippen LogP contribution in [0.3, 0.4) is 0 Å². The number of hydrogen-bond acceptors (Lipinski definition) is 6. The maximum absolute atomic E-state index is 14.1. The number of alkyl halides is 7. The van der Waals surface area contributed by atoms with Gasteiger partial charge >= 0.3 is 18.0 Å². The molecule has 0 spiro atoms. The van der Waals surface area contributed by atoms with Crippen molar-refractivity contribution in [1.82, 2.24) is 35.1 Å². The third kappa shape index (κ3) is 6.15. The van der Waals surface area contributed by atoms with E-state index >= 15 is 0 Å². The molecule has 2 N–H and O–H groups in total. The standard InChI is InChI=1S/C24H17ClF7IN8O2/c1-11-6-12(33)7-14(20(42)34-2)18(11)36-21(43)16-8-13(38-41(16)19-15(25)4-3-5-35-19)9-40-10-17(37-39-40)22(26,27)23(28,29)24(30,31)32/h3-8,10H,9H2,1-2H3,(H,34,42)(H,36,43). The Morgan fingerprint density at radius 2 is 1.77 bits per heavy atom. The van der Waals surface area contributed by atoms with Crippen LogP contribution in [0.1, 0.15) is 37.8 Å².